The first-order chi connectivity index (χ1) is 10.1. The second kappa shape index (κ2) is 7.14. The van der Waals surface area contributed by atoms with E-state index < -0.39 is 0 Å². The third kappa shape index (κ3) is 3.69. The molecule has 0 aliphatic rings. The van der Waals surface area contributed by atoms with Crippen molar-refractivity contribution in [1.82, 2.24) is 14.5 Å². The molecule has 21 heavy (non-hydrogen) atoms. The summed E-state index contributed by atoms with van der Waals surface area (Å²) < 4.78 is 7.61. The number of rotatable bonds is 7. The Kier molecular flexibility index (Phi) is 5.48. The Morgan fingerprint density at radius 2 is 2.14 bits per heavy atom. The Bertz CT molecular complexity index is 594. The van der Waals surface area contributed by atoms with Gasteiger partial charge in [0, 0.05) is 24.4 Å². The van der Waals surface area contributed by atoms with Crippen molar-refractivity contribution in [1.29, 1.82) is 0 Å². The SMILES string of the molecule is COc1ccc2c(c1)nc(CCCl)n2C(C)CCN(C)C. The van der Waals surface area contributed by atoms with Gasteiger partial charge in [-0.3, -0.25) is 0 Å². The van der Waals surface area contributed by atoms with Crippen molar-refractivity contribution in [3.05, 3.63) is 24.0 Å². The number of aromatic nitrogens is 2. The van der Waals surface area contributed by atoms with E-state index >= 15 is 0 Å². The molecule has 1 aromatic carbocycles. The van der Waals surface area contributed by atoms with Gasteiger partial charge in [-0.2, -0.15) is 0 Å². The van der Waals surface area contributed by atoms with Crippen LogP contribution in [0.4, 0.5) is 0 Å². The highest BCUT2D eigenvalue weighted by atomic mass is 35.5. The molecule has 116 valence electrons. The van der Waals surface area contributed by atoms with Crippen molar-refractivity contribution < 1.29 is 4.74 Å². The zero-order valence-electron chi connectivity index (χ0n) is 13.3. The fourth-order valence-electron chi connectivity index (χ4n) is 2.58. The summed E-state index contributed by atoms with van der Waals surface area (Å²) in [4.78, 5) is 6.95. The van der Waals surface area contributed by atoms with Crippen molar-refractivity contribution in [2.45, 2.75) is 25.8 Å². The highest BCUT2D eigenvalue weighted by Gasteiger charge is 2.16. The van der Waals surface area contributed by atoms with Crippen molar-refractivity contribution in [2.24, 2.45) is 0 Å². The van der Waals surface area contributed by atoms with Crippen LogP contribution in [0.2, 0.25) is 0 Å². The van der Waals surface area contributed by atoms with Crippen LogP contribution >= 0.6 is 11.6 Å². The standard InChI is InChI=1S/C16H24ClN3O/c1-12(8-10-19(2)3)20-15-6-5-13(21-4)11-14(15)18-16(20)7-9-17/h5-6,11-12H,7-10H2,1-4H3. The van der Waals surface area contributed by atoms with Crippen molar-refractivity contribution in [2.75, 3.05) is 33.6 Å². The van der Waals surface area contributed by atoms with Gasteiger partial charge in [0.2, 0.25) is 0 Å². The largest absolute Gasteiger partial charge is 0.497 e. The lowest BCUT2D eigenvalue weighted by Crippen LogP contribution is -2.18. The minimum absolute atomic E-state index is 0.393. The first-order valence-corrected chi connectivity index (χ1v) is 7.85. The van der Waals surface area contributed by atoms with E-state index in [1.165, 1.54) is 0 Å². The van der Waals surface area contributed by atoms with Crippen LogP contribution in [-0.4, -0.2) is 48.1 Å². The Morgan fingerprint density at radius 3 is 2.76 bits per heavy atom. The van der Waals surface area contributed by atoms with Gasteiger partial charge in [-0.05, 0) is 46.1 Å². The monoisotopic (exact) mass is 309 g/mol. The topological polar surface area (TPSA) is 30.3 Å². The van der Waals surface area contributed by atoms with Gasteiger partial charge in [0.05, 0.1) is 18.1 Å². The number of methoxy groups -OCH3 is 1. The third-order valence-electron chi connectivity index (χ3n) is 3.72. The number of fused-ring (bicyclic) bond motifs is 1. The summed E-state index contributed by atoms with van der Waals surface area (Å²) >= 11 is 5.94. The Labute approximate surface area is 131 Å². The van der Waals surface area contributed by atoms with Gasteiger partial charge in [-0.25, -0.2) is 4.98 Å². The molecule has 4 nitrogen and oxygen atoms in total. The number of hydrogen-bond acceptors (Lipinski definition) is 3. The van der Waals surface area contributed by atoms with Crippen LogP contribution in [0, 0.1) is 0 Å². The highest BCUT2D eigenvalue weighted by molar-refractivity contribution is 6.17. The number of imidazole rings is 1. The molecule has 1 aromatic heterocycles. The molecule has 0 N–H and O–H groups in total. The summed E-state index contributed by atoms with van der Waals surface area (Å²) in [6.07, 6.45) is 1.87. The van der Waals surface area contributed by atoms with E-state index in [1.54, 1.807) is 7.11 Å². The molecule has 1 heterocycles. The first-order valence-electron chi connectivity index (χ1n) is 7.32. The second-order valence-corrected chi connectivity index (χ2v) is 6.01. The van der Waals surface area contributed by atoms with Gasteiger partial charge in [-0.1, -0.05) is 0 Å². The molecule has 0 aliphatic heterocycles. The van der Waals surface area contributed by atoms with E-state index in [0.29, 0.717) is 11.9 Å². The average Bonchev–Trinajstić information content (AvgIpc) is 2.82. The molecule has 0 saturated carbocycles. The Hall–Kier alpha value is -1.26. The number of nitrogens with zero attached hydrogens (tertiary/aromatic N) is 3. The normalized spacial score (nSPS) is 13.0. The number of benzene rings is 1. The highest BCUT2D eigenvalue weighted by Crippen LogP contribution is 2.26. The quantitative estimate of drug-likeness (QED) is 0.735. The maximum atomic E-state index is 5.94. The molecule has 0 fully saturated rings. The summed E-state index contributed by atoms with van der Waals surface area (Å²) in [6.45, 7) is 3.30. The van der Waals surface area contributed by atoms with Crippen LogP contribution in [0.15, 0.2) is 18.2 Å². The maximum absolute atomic E-state index is 5.94. The molecular weight excluding hydrogens is 286 g/mol. The van der Waals surface area contributed by atoms with Gasteiger partial charge in [0.1, 0.15) is 11.6 Å². The summed E-state index contributed by atoms with van der Waals surface area (Å²) in [5.41, 5.74) is 2.13. The van der Waals surface area contributed by atoms with Crippen LogP contribution in [0.1, 0.15) is 25.2 Å². The molecule has 0 amide bonds. The molecule has 5 heteroatoms. The molecule has 0 aliphatic carbocycles. The Morgan fingerprint density at radius 1 is 1.38 bits per heavy atom. The number of halogens is 1. The molecule has 1 atom stereocenters. The number of hydrogen-bond donors (Lipinski definition) is 0. The molecule has 0 radical (unpaired) electrons. The molecule has 2 aromatic rings. The number of alkyl halides is 1. The first kappa shape index (κ1) is 16.1. The third-order valence-corrected chi connectivity index (χ3v) is 3.91. The predicted octanol–water partition coefficient (Wildman–Crippen LogP) is 3.34. The lowest BCUT2D eigenvalue weighted by Gasteiger charge is -2.19. The van der Waals surface area contributed by atoms with Crippen LogP contribution in [0.5, 0.6) is 5.75 Å². The summed E-state index contributed by atoms with van der Waals surface area (Å²) in [7, 11) is 5.88. The fraction of sp³-hybridized carbons (Fsp3) is 0.562. The summed E-state index contributed by atoms with van der Waals surface area (Å²) in [6, 6.07) is 6.46. The van der Waals surface area contributed by atoms with Crippen LogP contribution < -0.4 is 4.74 Å². The summed E-state index contributed by atoms with van der Waals surface area (Å²) in [5, 5.41) is 0. The molecule has 2 rings (SSSR count). The van der Waals surface area contributed by atoms with Crippen LogP contribution in [0.25, 0.3) is 11.0 Å². The Balaban J connectivity index is 2.40. The molecule has 1 unspecified atom stereocenters. The lowest BCUT2D eigenvalue weighted by atomic mass is 10.2. The van der Waals surface area contributed by atoms with Crippen LogP contribution in [-0.2, 0) is 6.42 Å². The van der Waals surface area contributed by atoms with E-state index in [4.69, 9.17) is 21.3 Å². The van der Waals surface area contributed by atoms with Gasteiger partial charge >= 0.3 is 0 Å². The fourth-order valence-corrected chi connectivity index (χ4v) is 2.75. The van der Waals surface area contributed by atoms with Crippen molar-refractivity contribution in [3.63, 3.8) is 0 Å². The van der Waals surface area contributed by atoms with E-state index in [2.05, 4.69) is 36.6 Å². The predicted molar refractivity (Wildman–Crippen MR) is 88.6 cm³/mol. The van der Waals surface area contributed by atoms with Crippen molar-refractivity contribution in [3.8, 4) is 5.75 Å². The summed E-state index contributed by atoms with van der Waals surface area (Å²) in [5.74, 6) is 2.48. The molecule has 0 spiro atoms. The van der Waals surface area contributed by atoms with Gasteiger partial charge in [-0.15, -0.1) is 11.6 Å². The zero-order valence-corrected chi connectivity index (χ0v) is 14.0. The van der Waals surface area contributed by atoms with E-state index in [-0.39, 0.29) is 0 Å². The minimum atomic E-state index is 0.393. The van der Waals surface area contributed by atoms with E-state index in [0.717, 1.165) is 42.0 Å². The average molecular weight is 310 g/mol. The second-order valence-electron chi connectivity index (χ2n) is 5.63. The number of aryl methyl sites for hydroxylation is 1. The molecular formula is C16H24ClN3O. The molecule has 0 bridgehead atoms. The minimum Gasteiger partial charge on any atom is -0.497 e. The number of ether oxygens (including phenoxy) is 1. The smallest absolute Gasteiger partial charge is 0.121 e. The lowest BCUT2D eigenvalue weighted by molar-refractivity contribution is 0.357. The van der Waals surface area contributed by atoms with Crippen LogP contribution in [0.3, 0.4) is 0 Å². The van der Waals surface area contributed by atoms with Gasteiger partial charge < -0.3 is 14.2 Å². The van der Waals surface area contributed by atoms with Gasteiger partial charge in [0.25, 0.3) is 0 Å². The maximum Gasteiger partial charge on any atom is 0.121 e. The zero-order chi connectivity index (χ0) is 15.4. The molecule has 0 saturated heterocycles. The van der Waals surface area contributed by atoms with E-state index in [1.807, 2.05) is 12.1 Å². The van der Waals surface area contributed by atoms with Crippen molar-refractivity contribution >= 4 is 22.6 Å². The van der Waals surface area contributed by atoms with Gasteiger partial charge in [0.15, 0.2) is 0 Å². The van der Waals surface area contributed by atoms with E-state index in [9.17, 15) is 0 Å².